The zero-order valence-electron chi connectivity index (χ0n) is 12.3. The first-order valence-corrected chi connectivity index (χ1v) is 7.16. The molecule has 106 valence electrons. The maximum Gasteiger partial charge on any atom is 0.189 e. The number of benzene rings is 2. The second-order valence-electron chi connectivity index (χ2n) is 5.01. The Labute approximate surface area is 123 Å². The molecule has 21 heavy (non-hydrogen) atoms. The van der Waals surface area contributed by atoms with Crippen molar-refractivity contribution in [1.82, 2.24) is 4.57 Å². The first-order chi connectivity index (χ1) is 10.2. The summed E-state index contributed by atoms with van der Waals surface area (Å²) >= 11 is 0. The fourth-order valence-corrected chi connectivity index (χ4v) is 2.66. The molecule has 1 heterocycles. The van der Waals surface area contributed by atoms with Gasteiger partial charge in [0.05, 0.1) is 11.2 Å². The summed E-state index contributed by atoms with van der Waals surface area (Å²) in [5.74, 6) is 0. The maximum atomic E-state index is 12.0. The molecule has 0 amide bonds. The van der Waals surface area contributed by atoms with Crippen LogP contribution in [0.2, 0.25) is 0 Å². The lowest BCUT2D eigenvalue weighted by Gasteiger charge is -2.16. The summed E-state index contributed by atoms with van der Waals surface area (Å²) in [6.45, 7) is 2.14. The highest BCUT2D eigenvalue weighted by Gasteiger charge is 2.08. The van der Waals surface area contributed by atoms with Crippen molar-refractivity contribution in [3.8, 4) is 5.69 Å². The molecule has 0 saturated carbocycles. The molecule has 0 bridgehead atoms. The van der Waals surface area contributed by atoms with Gasteiger partial charge in [-0.3, -0.25) is 4.79 Å². The topological polar surface area (TPSA) is 34.0 Å². The number of nitrogens with one attached hydrogen (secondary N) is 1. The lowest BCUT2D eigenvalue weighted by molar-refractivity contribution is 1.03. The minimum atomic E-state index is 0.0599. The number of hydrogen-bond acceptors (Lipinski definition) is 2. The second kappa shape index (κ2) is 5.44. The predicted molar refractivity (Wildman–Crippen MR) is 88.5 cm³/mol. The largest absolute Gasteiger partial charge is 0.388 e. The van der Waals surface area contributed by atoms with Crippen LogP contribution in [-0.2, 0) is 6.42 Å². The number of para-hydroxylation sites is 1. The summed E-state index contributed by atoms with van der Waals surface area (Å²) in [4.78, 5) is 12.0. The van der Waals surface area contributed by atoms with Crippen molar-refractivity contribution in [3.05, 3.63) is 70.5 Å². The van der Waals surface area contributed by atoms with E-state index in [1.54, 1.807) is 6.07 Å². The lowest BCUT2D eigenvalue weighted by Crippen LogP contribution is -2.08. The zero-order valence-corrected chi connectivity index (χ0v) is 12.3. The van der Waals surface area contributed by atoms with E-state index < -0.39 is 0 Å². The molecule has 0 aliphatic heterocycles. The van der Waals surface area contributed by atoms with Gasteiger partial charge in [-0.2, -0.15) is 0 Å². The summed E-state index contributed by atoms with van der Waals surface area (Å²) in [6.07, 6.45) is 2.80. The van der Waals surface area contributed by atoms with E-state index in [1.165, 1.54) is 5.56 Å². The molecule has 3 aromatic rings. The Morgan fingerprint density at radius 2 is 1.90 bits per heavy atom. The molecular weight excluding hydrogens is 260 g/mol. The molecule has 0 spiro atoms. The summed E-state index contributed by atoms with van der Waals surface area (Å²) < 4.78 is 2.09. The summed E-state index contributed by atoms with van der Waals surface area (Å²) in [6, 6.07) is 15.7. The van der Waals surface area contributed by atoms with Gasteiger partial charge in [0.1, 0.15) is 0 Å². The molecule has 3 rings (SSSR count). The smallest absolute Gasteiger partial charge is 0.189 e. The molecule has 0 saturated heterocycles. The van der Waals surface area contributed by atoms with E-state index in [-0.39, 0.29) is 5.43 Å². The quantitative estimate of drug-likeness (QED) is 0.794. The zero-order chi connectivity index (χ0) is 14.8. The average molecular weight is 278 g/mol. The monoisotopic (exact) mass is 278 g/mol. The highest BCUT2D eigenvalue weighted by atomic mass is 16.1. The van der Waals surface area contributed by atoms with Crippen LogP contribution in [0.5, 0.6) is 0 Å². The van der Waals surface area contributed by atoms with E-state index in [9.17, 15) is 4.79 Å². The number of rotatable bonds is 3. The highest BCUT2D eigenvalue weighted by molar-refractivity contribution is 5.81. The van der Waals surface area contributed by atoms with Gasteiger partial charge in [-0.05, 0) is 36.2 Å². The van der Waals surface area contributed by atoms with Crippen LogP contribution in [0.25, 0.3) is 16.6 Å². The number of aryl methyl sites for hydroxylation is 1. The van der Waals surface area contributed by atoms with Crippen molar-refractivity contribution in [2.24, 2.45) is 0 Å². The Kier molecular flexibility index (Phi) is 3.48. The van der Waals surface area contributed by atoms with Gasteiger partial charge in [-0.15, -0.1) is 0 Å². The fraction of sp³-hybridized carbons (Fsp3) is 0.167. The minimum Gasteiger partial charge on any atom is -0.388 e. The Balaban J connectivity index is 2.35. The Morgan fingerprint density at radius 1 is 1.10 bits per heavy atom. The molecule has 0 unspecified atom stereocenters. The number of hydrogen-bond donors (Lipinski definition) is 1. The van der Waals surface area contributed by atoms with Crippen molar-refractivity contribution in [3.63, 3.8) is 0 Å². The summed E-state index contributed by atoms with van der Waals surface area (Å²) in [5.41, 5.74) is 4.42. The van der Waals surface area contributed by atoms with Crippen LogP contribution in [0.4, 0.5) is 5.69 Å². The van der Waals surface area contributed by atoms with Gasteiger partial charge in [0.2, 0.25) is 0 Å². The molecule has 3 heteroatoms. The van der Waals surface area contributed by atoms with Crippen molar-refractivity contribution in [1.29, 1.82) is 0 Å². The number of anilines is 1. The third kappa shape index (κ3) is 2.31. The van der Waals surface area contributed by atoms with Gasteiger partial charge >= 0.3 is 0 Å². The number of fused-ring (bicyclic) bond motifs is 1. The van der Waals surface area contributed by atoms with E-state index in [2.05, 4.69) is 35.0 Å². The molecule has 0 aliphatic rings. The van der Waals surface area contributed by atoms with Crippen LogP contribution in [0.1, 0.15) is 12.5 Å². The lowest BCUT2D eigenvalue weighted by atomic mass is 10.1. The van der Waals surface area contributed by atoms with Crippen molar-refractivity contribution < 1.29 is 0 Å². The first-order valence-electron chi connectivity index (χ1n) is 7.16. The molecular formula is C18H18N2O. The Morgan fingerprint density at radius 3 is 2.67 bits per heavy atom. The summed E-state index contributed by atoms with van der Waals surface area (Å²) in [5, 5.41) is 3.92. The molecule has 1 N–H and O–H groups in total. The highest BCUT2D eigenvalue weighted by Crippen LogP contribution is 2.23. The molecule has 3 nitrogen and oxygen atoms in total. The van der Waals surface area contributed by atoms with Crippen LogP contribution in [0.15, 0.2) is 59.5 Å². The van der Waals surface area contributed by atoms with Crippen molar-refractivity contribution in [2.75, 3.05) is 12.4 Å². The second-order valence-corrected chi connectivity index (χ2v) is 5.01. The molecule has 0 fully saturated rings. The van der Waals surface area contributed by atoms with Crippen LogP contribution in [-0.4, -0.2) is 11.6 Å². The first kappa shape index (κ1) is 13.4. The molecule has 0 radical (unpaired) electrons. The van der Waals surface area contributed by atoms with Crippen LogP contribution < -0.4 is 10.7 Å². The normalized spacial score (nSPS) is 10.8. The third-order valence-electron chi connectivity index (χ3n) is 3.82. The van der Waals surface area contributed by atoms with Crippen molar-refractivity contribution in [2.45, 2.75) is 13.3 Å². The molecule has 0 atom stereocenters. The third-order valence-corrected chi connectivity index (χ3v) is 3.82. The maximum absolute atomic E-state index is 12.0. The standard InChI is InChI=1S/C18H18N2O/c1-3-13-8-9-14(19-2)12-17(13)20-11-10-18(21)15-6-4-5-7-16(15)20/h4-12,19H,3H2,1-2H3. The number of aromatic nitrogens is 1. The van der Waals surface area contributed by atoms with Crippen LogP contribution >= 0.6 is 0 Å². The Hall–Kier alpha value is -2.55. The predicted octanol–water partition coefficient (Wildman–Crippen LogP) is 3.59. The molecule has 0 aliphatic carbocycles. The van der Waals surface area contributed by atoms with E-state index in [4.69, 9.17) is 0 Å². The van der Waals surface area contributed by atoms with Gasteiger partial charge < -0.3 is 9.88 Å². The van der Waals surface area contributed by atoms with Crippen LogP contribution in [0.3, 0.4) is 0 Å². The van der Waals surface area contributed by atoms with Crippen LogP contribution in [0, 0.1) is 0 Å². The molecule has 1 aromatic heterocycles. The minimum absolute atomic E-state index is 0.0599. The SMILES string of the molecule is CCc1ccc(NC)cc1-n1ccc(=O)c2ccccc21. The van der Waals surface area contributed by atoms with E-state index in [0.29, 0.717) is 0 Å². The fourth-order valence-electron chi connectivity index (χ4n) is 2.66. The van der Waals surface area contributed by atoms with Gasteiger partial charge in [0, 0.05) is 30.4 Å². The van der Waals surface area contributed by atoms with E-state index in [1.807, 2.05) is 37.5 Å². The van der Waals surface area contributed by atoms with Gasteiger partial charge in [0.25, 0.3) is 0 Å². The van der Waals surface area contributed by atoms with E-state index in [0.717, 1.165) is 28.7 Å². The number of nitrogens with zero attached hydrogens (tertiary/aromatic N) is 1. The van der Waals surface area contributed by atoms with Crippen molar-refractivity contribution >= 4 is 16.6 Å². The Bertz CT molecular complexity index is 849. The van der Waals surface area contributed by atoms with Gasteiger partial charge in [-0.1, -0.05) is 25.1 Å². The molecule has 2 aromatic carbocycles. The van der Waals surface area contributed by atoms with Gasteiger partial charge in [0.15, 0.2) is 5.43 Å². The average Bonchev–Trinajstić information content (AvgIpc) is 2.55. The van der Waals surface area contributed by atoms with E-state index >= 15 is 0 Å². The number of pyridine rings is 1. The van der Waals surface area contributed by atoms with Gasteiger partial charge in [-0.25, -0.2) is 0 Å². The summed E-state index contributed by atoms with van der Waals surface area (Å²) in [7, 11) is 1.91.